The van der Waals surface area contributed by atoms with Gasteiger partial charge < -0.3 is 19.5 Å². The number of esters is 1. The number of hydrogen-bond acceptors (Lipinski definition) is 8. The number of nitrogens with zero attached hydrogens (tertiary/aromatic N) is 3. The number of benzene rings is 1. The average Bonchev–Trinajstić information content (AvgIpc) is 3.44. The first-order chi connectivity index (χ1) is 15.9. The molecule has 1 aliphatic rings. The summed E-state index contributed by atoms with van der Waals surface area (Å²) in [6.45, 7) is 7.51. The van der Waals surface area contributed by atoms with E-state index in [1.807, 2.05) is 29.6 Å². The molecule has 176 valence electrons. The molecule has 0 radical (unpaired) electrons. The number of methoxy groups -OCH3 is 1. The molecule has 8 nitrogen and oxygen atoms in total. The molecule has 9 heteroatoms. The lowest BCUT2D eigenvalue weighted by Crippen LogP contribution is -2.43. The molecule has 1 aromatic carbocycles. The first-order valence-corrected chi connectivity index (χ1v) is 12.0. The molecular weight excluding hydrogens is 440 g/mol. The summed E-state index contributed by atoms with van der Waals surface area (Å²) in [6, 6.07) is 8.05. The van der Waals surface area contributed by atoms with Gasteiger partial charge in [0.15, 0.2) is 0 Å². The molecule has 0 bridgehead atoms. The van der Waals surface area contributed by atoms with Crippen LogP contribution in [0.4, 0.5) is 0 Å². The number of carbonyl (C=O) groups excluding carboxylic acids is 1. The molecule has 1 fully saturated rings. The van der Waals surface area contributed by atoms with Crippen molar-refractivity contribution in [2.45, 2.75) is 51.8 Å². The lowest BCUT2D eigenvalue weighted by atomic mass is 9.94. The van der Waals surface area contributed by atoms with Crippen molar-refractivity contribution in [3.05, 3.63) is 47.1 Å². The van der Waals surface area contributed by atoms with Gasteiger partial charge in [0.05, 0.1) is 36.9 Å². The molecule has 0 aliphatic carbocycles. The van der Waals surface area contributed by atoms with Crippen LogP contribution in [0.15, 0.2) is 35.8 Å². The van der Waals surface area contributed by atoms with Crippen LogP contribution in [0.5, 0.6) is 5.75 Å². The van der Waals surface area contributed by atoms with Crippen LogP contribution < -0.4 is 10.1 Å². The van der Waals surface area contributed by atoms with Gasteiger partial charge in [-0.05, 0) is 57.9 Å². The molecule has 1 unspecified atom stereocenters. The molecule has 0 amide bonds. The van der Waals surface area contributed by atoms with Crippen molar-refractivity contribution in [2.24, 2.45) is 0 Å². The standard InChI is InChI=1S/C24H30N4O4S/c1-5-31-22(29)19-13-26-28(21(19)14-25-17-10-11-32-24(2,3)12-17)23-27-20(15-33-23)16-6-8-18(30-4)9-7-16/h6-9,13,15,17,25H,5,10-12,14H2,1-4H3. The van der Waals surface area contributed by atoms with Crippen LogP contribution in [0.2, 0.25) is 0 Å². The van der Waals surface area contributed by atoms with Crippen LogP contribution in [-0.2, 0) is 16.0 Å². The minimum absolute atomic E-state index is 0.164. The summed E-state index contributed by atoms with van der Waals surface area (Å²) in [7, 11) is 1.64. The van der Waals surface area contributed by atoms with Crippen LogP contribution in [0.3, 0.4) is 0 Å². The van der Waals surface area contributed by atoms with Crippen molar-refractivity contribution in [3.8, 4) is 22.1 Å². The number of thiazole rings is 1. The Hall–Kier alpha value is -2.75. The summed E-state index contributed by atoms with van der Waals surface area (Å²) >= 11 is 1.48. The number of aromatic nitrogens is 3. The zero-order chi connectivity index (χ0) is 23.4. The molecule has 4 rings (SSSR count). The van der Waals surface area contributed by atoms with Crippen LogP contribution in [0.1, 0.15) is 49.7 Å². The third-order valence-corrected chi connectivity index (χ3v) is 6.49. The fourth-order valence-electron chi connectivity index (χ4n) is 3.99. The molecule has 1 saturated heterocycles. The Kier molecular flexibility index (Phi) is 7.11. The van der Waals surface area contributed by atoms with Crippen molar-refractivity contribution in [1.29, 1.82) is 0 Å². The number of carbonyl (C=O) groups is 1. The van der Waals surface area contributed by atoms with Crippen LogP contribution in [-0.4, -0.2) is 52.7 Å². The monoisotopic (exact) mass is 470 g/mol. The second-order valence-corrected chi connectivity index (χ2v) is 9.40. The van der Waals surface area contributed by atoms with Crippen molar-refractivity contribution < 1.29 is 19.0 Å². The Bertz CT molecular complexity index is 1090. The van der Waals surface area contributed by atoms with E-state index in [-0.39, 0.29) is 11.6 Å². The van der Waals surface area contributed by atoms with E-state index < -0.39 is 0 Å². The largest absolute Gasteiger partial charge is 0.497 e. The maximum absolute atomic E-state index is 12.6. The summed E-state index contributed by atoms with van der Waals surface area (Å²) in [5.74, 6) is 0.421. The minimum Gasteiger partial charge on any atom is -0.497 e. The molecule has 33 heavy (non-hydrogen) atoms. The maximum atomic E-state index is 12.6. The molecule has 1 aliphatic heterocycles. The van der Waals surface area contributed by atoms with E-state index in [0.717, 1.165) is 35.5 Å². The van der Waals surface area contributed by atoms with Gasteiger partial charge in [0.2, 0.25) is 5.13 Å². The van der Waals surface area contributed by atoms with E-state index >= 15 is 0 Å². The Balaban J connectivity index is 1.60. The number of hydrogen-bond donors (Lipinski definition) is 1. The van der Waals surface area contributed by atoms with Gasteiger partial charge in [0, 0.05) is 30.1 Å². The molecule has 0 spiro atoms. The van der Waals surface area contributed by atoms with Crippen LogP contribution >= 0.6 is 11.3 Å². The van der Waals surface area contributed by atoms with Gasteiger partial charge in [-0.15, -0.1) is 11.3 Å². The van der Waals surface area contributed by atoms with E-state index in [1.54, 1.807) is 24.9 Å². The Labute approximate surface area is 197 Å². The molecule has 2 aromatic heterocycles. The highest BCUT2D eigenvalue weighted by atomic mass is 32.1. The zero-order valence-electron chi connectivity index (χ0n) is 19.5. The minimum atomic E-state index is -0.375. The first-order valence-electron chi connectivity index (χ1n) is 11.1. The molecule has 3 aromatic rings. The van der Waals surface area contributed by atoms with E-state index in [1.165, 1.54) is 11.3 Å². The lowest BCUT2D eigenvalue weighted by molar-refractivity contribution is -0.0631. The molecule has 3 heterocycles. The third kappa shape index (κ3) is 5.43. The van der Waals surface area contributed by atoms with Crippen LogP contribution in [0.25, 0.3) is 16.4 Å². The van der Waals surface area contributed by atoms with E-state index in [2.05, 4.69) is 24.3 Å². The van der Waals surface area contributed by atoms with Gasteiger partial charge in [-0.2, -0.15) is 5.10 Å². The van der Waals surface area contributed by atoms with Crippen molar-refractivity contribution in [3.63, 3.8) is 0 Å². The second kappa shape index (κ2) is 10.0. The molecular formula is C24H30N4O4S. The van der Waals surface area contributed by atoms with Crippen LogP contribution in [0, 0.1) is 0 Å². The SMILES string of the molecule is CCOC(=O)c1cnn(-c2nc(-c3ccc(OC)cc3)cs2)c1CNC1CCOC(C)(C)C1. The van der Waals surface area contributed by atoms with Crippen molar-refractivity contribution in [2.75, 3.05) is 20.3 Å². The lowest BCUT2D eigenvalue weighted by Gasteiger charge is -2.36. The van der Waals surface area contributed by atoms with Gasteiger partial charge in [-0.3, -0.25) is 0 Å². The Morgan fingerprint density at radius 1 is 1.33 bits per heavy atom. The van der Waals surface area contributed by atoms with Gasteiger partial charge in [0.25, 0.3) is 0 Å². The van der Waals surface area contributed by atoms with Gasteiger partial charge >= 0.3 is 5.97 Å². The molecule has 1 N–H and O–H groups in total. The fourth-order valence-corrected chi connectivity index (χ4v) is 4.81. The average molecular weight is 471 g/mol. The highest BCUT2D eigenvalue weighted by Gasteiger charge is 2.29. The summed E-state index contributed by atoms with van der Waals surface area (Å²) in [4.78, 5) is 17.4. The zero-order valence-corrected chi connectivity index (χ0v) is 20.3. The highest BCUT2D eigenvalue weighted by molar-refractivity contribution is 7.12. The summed E-state index contributed by atoms with van der Waals surface area (Å²) in [5.41, 5.74) is 2.87. The summed E-state index contributed by atoms with van der Waals surface area (Å²) in [5, 5.41) is 10.8. The highest BCUT2D eigenvalue weighted by Crippen LogP contribution is 2.28. The number of rotatable bonds is 8. The van der Waals surface area contributed by atoms with E-state index in [9.17, 15) is 4.79 Å². The van der Waals surface area contributed by atoms with Gasteiger partial charge in [0.1, 0.15) is 11.3 Å². The number of nitrogens with one attached hydrogen (secondary N) is 1. The Morgan fingerprint density at radius 2 is 2.12 bits per heavy atom. The molecule has 0 saturated carbocycles. The summed E-state index contributed by atoms with van der Waals surface area (Å²) < 4.78 is 18.1. The maximum Gasteiger partial charge on any atom is 0.341 e. The second-order valence-electron chi connectivity index (χ2n) is 8.56. The van der Waals surface area contributed by atoms with E-state index in [4.69, 9.17) is 19.2 Å². The van der Waals surface area contributed by atoms with Crippen molar-refractivity contribution >= 4 is 17.3 Å². The Morgan fingerprint density at radius 3 is 2.82 bits per heavy atom. The first kappa shape index (κ1) is 23.4. The van der Waals surface area contributed by atoms with Gasteiger partial charge in [-0.1, -0.05) is 0 Å². The normalized spacial score (nSPS) is 17.6. The van der Waals surface area contributed by atoms with E-state index in [0.29, 0.717) is 36.5 Å². The summed E-state index contributed by atoms with van der Waals surface area (Å²) in [6.07, 6.45) is 3.39. The predicted molar refractivity (Wildman–Crippen MR) is 127 cm³/mol. The van der Waals surface area contributed by atoms with Crippen molar-refractivity contribution in [1.82, 2.24) is 20.1 Å². The predicted octanol–water partition coefficient (Wildman–Crippen LogP) is 4.23. The smallest absolute Gasteiger partial charge is 0.341 e. The fraction of sp³-hybridized carbons (Fsp3) is 0.458. The third-order valence-electron chi connectivity index (χ3n) is 5.68. The quantitative estimate of drug-likeness (QED) is 0.493. The molecule has 1 atom stereocenters. The number of ether oxygens (including phenoxy) is 3. The topological polar surface area (TPSA) is 87.5 Å². The van der Waals surface area contributed by atoms with Gasteiger partial charge in [-0.25, -0.2) is 14.5 Å².